The van der Waals surface area contributed by atoms with E-state index >= 15 is 0 Å². The molecule has 1 aliphatic rings. The molecule has 0 radical (unpaired) electrons. The molecule has 1 aliphatic heterocycles. The molecule has 0 amide bonds. The summed E-state index contributed by atoms with van der Waals surface area (Å²) < 4.78 is 6.58. The number of likely N-dealkylation sites (tertiary alicyclic amines) is 1. The third kappa shape index (κ3) is 3.90. The number of nitrogens with one attached hydrogen (secondary N) is 1. The van der Waals surface area contributed by atoms with Gasteiger partial charge in [-0.15, -0.1) is 5.10 Å². The third-order valence-corrected chi connectivity index (χ3v) is 4.83. The van der Waals surface area contributed by atoms with E-state index in [4.69, 9.17) is 4.74 Å². The molecule has 0 unspecified atom stereocenters. The molecule has 8 heteroatoms. The molecule has 8 nitrogen and oxygen atoms in total. The first-order valence-electron chi connectivity index (χ1n) is 9.05. The number of hydrogen-bond donors (Lipinski definition) is 1. The maximum atomic E-state index is 12.4. The number of H-pyrrole nitrogens is 1. The Hall–Kier alpha value is -3.00. The summed E-state index contributed by atoms with van der Waals surface area (Å²) in [4.78, 5) is 26.2. The van der Waals surface area contributed by atoms with Crippen molar-refractivity contribution >= 4 is 0 Å². The van der Waals surface area contributed by atoms with E-state index in [1.807, 2.05) is 30.3 Å². The minimum absolute atomic E-state index is 0.190. The topological polar surface area (TPSA) is 88.9 Å². The van der Waals surface area contributed by atoms with Crippen molar-refractivity contribution in [3.63, 3.8) is 0 Å². The van der Waals surface area contributed by atoms with Crippen LogP contribution in [0.25, 0.3) is 5.69 Å². The Morgan fingerprint density at radius 2 is 2.00 bits per heavy atom. The predicted molar refractivity (Wildman–Crippen MR) is 100 cm³/mol. The molecule has 2 aromatic heterocycles. The van der Waals surface area contributed by atoms with Gasteiger partial charge in [-0.1, -0.05) is 0 Å². The Bertz CT molecular complexity index is 935. The molecule has 0 saturated carbocycles. The second-order valence-corrected chi connectivity index (χ2v) is 6.66. The molecule has 0 bridgehead atoms. The average Bonchev–Trinajstić information content (AvgIpc) is 3.11. The van der Waals surface area contributed by atoms with Crippen LogP contribution < -0.4 is 10.4 Å². The van der Waals surface area contributed by atoms with Crippen LogP contribution in [0, 0.1) is 0 Å². The average molecular weight is 366 g/mol. The zero-order chi connectivity index (χ0) is 18.6. The lowest BCUT2D eigenvalue weighted by molar-refractivity contribution is 0.192. The van der Waals surface area contributed by atoms with E-state index in [0.717, 1.165) is 43.3 Å². The van der Waals surface area contributed by atoms with Crippen molar-refractivity contribution < 1.29 is 4.74 Å². The number of rotatable bonds is 5. The fourth-order valence-electron chi connectivity index (χ4n) is 3.46. The summed E-state index contributed by atoms with van der Waals surface area (Å²) in [5, 5.41) is 4.55. The Morgan fingerprint density at radius 3 is 2.74 bits per heavy atom. The van der Waals surface area contributed by atoms with E-state index in [-0.39, 0.29) is 11.6 Å². The number of methoxy groups -OCH3 is 1. The number of ether oxygens (including phenoxy) is 1. The lowest BCUT2D eigenvalue weighted by atomic mass is 9.97. The molecule has 3 heterocycles. The monoisotopic (exact) mass is 366 g/mol. The van der Waals surface area contributed by atoms with Crippen molar-refractivity contribution in [3.8, 4) is 11.4 Å². The Morgan fingerprint density at radius 1 is 1.22 bits per heavy atom. The van der Waals surface area contributed by atoms with Crippen LogP contribution in [0.3, 0.4) is 0 Å². The first-order valence-corrected chi connectivity index (χ1v) is 9.05. The van der Waals surface area contributed by atoms with E-state index in [1.54, 1.807) is 19.5 Å². The van der Waals surface area contributed by atoms with E-state index in [0.29, 0.717) is 12.2 Å². The van der Waals surface area contributed by atoms with Crippen molar-refractivity contribution in [2.45, 2.75) is 25.3 Å². The summed E-state index contributed by atoms with van der Waals surface area (Å²) in [6.45, 7) is 2.53. The maximum Gasteiger partial charge on any atom is 0.348 e. The Balaban J connectivity index is 1.50. The van der Waals surface area contributed by atoms with Crippen LogP contribution in [-0.2, 0) is 6.54 Å². The first-order chi connectivity index (χ1) is 13.2. The van der Waals surface area contributed by atoms with Gasteiger partial charge in [0, 0.05) is 24.9 Å². The number of hydrogen-bond acceptors (Lipinski definition) is 6. The summed E-state index contributed by atoms with van der Waals surface area (Å²) >= 11 is 0. The molecule has 1 aromatic carbocycles. The van der Waals surface area contributed by atoms with Gasteiger partial charge < -0.3 is 4.74 Å². The standard InChI is InChI=1S/C19H22N6O2/c1-27-16-7-5-15(6-8-16)25-19(26)22-18(23-25)14-4-2-11-24(12-14)13-17-20-9-3-10-21-17/h3,5-10,14H,2,4,11-13H2,1H3,(H,22,23,26)/t14-/m0/s1. The van der Waals surface area contributed by atoms with Gasteiger partial charge in [0.05, 0.1) is 19.3 Å². The minimum Gasteiger partial charge on any atom is -0.497 e. The molecular formula is C19H22N6O2. The molecule has 1 saturated heterocycles. The van der Waals surface area contributed by atoms with Gasteiger partial charge in [0.15, 0.2) is 0 Å². The molecule has 1 fully saturated rings. The number of piperidine rings is 1. The van der Waals surface area contributed by atoms with Gasteiger partial charge in [-0.3, -0.25) is 9.88 Å². The summed E-state index contributed by atoms with van der Waals surface area (Å²) in [6, 6.07) is 9.10. The molecule has 1 N–H and O–H groups in total. The smallest absolute Gasteiger partial charge is 0.348 e. The number of nitrogens with zero attached hydrogens (tertiary/aromatic N) is 5. The van der Waals surface area contributed by atoms with Crippen LogP contribution in [0.15, 0.2) is 47.5 Å². The van der Waals surface area contributed by atoms with Gasteiger partial charge in [0.25, 0.3) is 0 Å². The van der Waals surface area contributed by atoms with Crippen LogP contribution in [0.5, 0.6) is 5.75 Å². The van der Waals surface area contributed by atoms with Crippen molar-refractivity contribution in [1.29, 1.82) is 0 Å². The normalized spacial score (nSPS) is 17.7. The second kappa shape index (κ2) is 7.71. The molecular weight excluding hydrogens is 344 g/mol. The van der Waals surface area contributed by atoms with Crippen LogP contribution in [0.2, 0.25) is 0 Å². The fraction of sp³-hybridized carbons (Fsp3) is 0.368. The van der Waals surface area contributed by atoms with Crippen LogP contribution >= 0.6 is 0 Å². The van der Waals surface area contributed by atoms with Crippen molar-refractivity contribution in [2.24, 2.45) is 0 Å². The van der Waals surface area contributed by atoms with Crippen molar-refractivity contribution in [2.75, 3.05) is 20.2 Å². The van der Waals surface area contributed by atoms with Gasteiger partial charge in [0.1, 0.15) is 17.4 Å². The SMILES string of the molecule is COc1ccc(-n2nc([C@H]3CCCN(Cc4ncccn4)C3)[nH]c2=O)cc1. The van der Waals surface area contributed by atoms with Gasteiger partial charge in [-0.25, -0.2) is 14.8 Å². The van der Waals surface area contributed by atoms with Crippen LogP contribution in [0.1, 0.15) is 30.4 Å². The zero-order valence-electron chi connectivity index (χ0n) is 15.2. The molecule has 4 rings (SSSR count). The number of aromatic nitrogens is 5. The van der Waals surface area contributed by atoms with E-state index in [1.165, 1.54) is 4.68 Å². The summed E-state index contributed by atoms with van der Waals surface area (Å²) in [5.41, 5.74) is 0.493. The van der Waals surface area contributed by atoms with Crippen LogP contribution in [-0.4, -0.2) is 49.8 Å². The number of benzene rings is 1. The van der Waals surface area contributed by atoms with E-state index in [9.17, 15) is 4.79 Å². The van der Waals surface area contributed by atoms with Crippen LogP contribution in [0.4, 0.5) is 0 Å². The summed E-state index contributed by atoms with van der Waals surface area (Å²) in [6.07, 6.45) is 5.58. The van der Waals surface area contributed by atoms with E-state index in [2.05, 4.69) is 25.0 Å². The first kappa shape index (κ1) is 17.4. The van der Waals surface area contributed by atoms with Crippen molar-refractivity contribution in [1.82, 2.24) is 29.6 Å². The molecule has 140 valence electrons. The lowest BCUT2D eigenvalue weighted by Crippen LogP contribution is -2.34. The molecule has 3 aromatic rings. The quantitative estimate of drug-likeness (QED) is 0.740. The minimum atomic E-state index is -0.223. The van der Waals surface area contributed by atoms with Gasteiger partial charge in [-0.2, -0.15) is 4.68 Å². The van der Waals surface area contributed by atoms with Gasteiger partial charge >= 0.3 is 5.69 Å². The van der Waals surface area contributed by atoms with E-state index < -0.39 is 0 Å². The highest BCUT2D eigenvalue weighted by molar-refractivity contribution is 5.36. The third-order valence-electron chi connectivity index (χ3n) is 4.83. The summed E-state index contributed by atoms with van der Waals surface area (Å²) in [5.74, 6) is 2.48. The molecule has 0 spiro atoms. The highest BCUT2D eigenvalue weighted by Gasteiger charge is 2.25. The molecule has 27 heavy (non-hydrogen) atoms. The largest absolute Gasteiger partial charge is 0.497 e. The molecule has 0 aliphatic carbocycles. The second-order valence-electron chi connectivity index (χ2n) is 6.66. The zero-order valence-corrected chi connectivity index (χ0v) is 15.2. The predicted octanol–water partition coefficient (Wildman–Crippen LogP) is 1.74. The highest BCUT2D eigenvalue weighted by atomic mass is 16.5. The van der Waals surface area contributed by atoms with Gasteiger partial charge in [0.2, 0.25) is 0 Å². The van der Waals surface area contributed by atoms with Crippen molar-refractivity contribution in [3.05, 3.63) is 64.9 Å². The Labute approximate surface area is 156 Å². The number of aromatic amines is 1. The fourth-order valence-corrected chi connectivity index (χ4v) is 3.46. The summed E-state index contributed by atoms with van der Waals surface area (Å²) in [7, 11) is 1.61. The van der Waals surface area contributed by atoms with Gasteiger partial charge in [-0.05, 0) is 49.7 Å². The maximum absolute atomic E-state index is 12.4. The Kier molecular flexibility index (Phi) is 4.97. The highest BCUT2D eigenvalue weighted by Crippen LogP contribution is 2.25. The molecule has 1 atom stereocenters. The lowest BCUT2D eigenvalue weighted by Gasteiger charge is -2.30.